The second-order valence-corrected chi connectivity index (χ2v) is 14.2. The molecular weight excluding hydrogens is 368 g/mol. The standard InChI is InChI=1S/C19H32O7Si/c1-18(2,3)27(7,8)22-10-11-9-12(20)23-13(11)15-14(21-6)16-17(24-15)26-19(4,5)25-16/h9,13-17H,10H2,1-8H3/t13-,14+,15-,16-,17-/m1/s1. The molecule has 3 rings (SSSR count). The van der Waals surface area contributed by atoms with E-state index in [-0.39, 0.29) is 17.1 Å². The molecule has 0 spiro atoms. The number of carbonyl (C=O) groups is 1. The first-order valence-corrected chi connectivity index (χ1v) is 12.3. The summed E-state index contributed by atoms with van der Waals surface area (Å²) in [6.07, 6.45) is -0.860. The third-order valence-electron chi connectivity index (χ3n) is 5.92. The SMILES string of the molecule is CO[C@@H]1[C@H]2OC(C)(C)O[C@H]2O[C@@H]1[C@@H]1OC(=O)C=C1CO[Si](C)(C)C(C)(C)C. The van der Waals surface area contributed by atoms with Crippen LogP contribution in [-0.4, -0.2) is 64.5 Å². The molecule has 5 atom stereocenters. The molecule has 7 nitrogen and oxygen atoms in total. The van der Waals surface area contributed by atoms with Crippen molar-refractivity contribution in [3.63, 3.8) is 0 Å². The number of rotatable bonds is 5. The highest BCUT2D eigenvalue weighted by Gasteiger charge is 2.58. The molecule has 0 aromatic carbocycles. The predicted octanol–water partition coefficient (Wildman–Crippen LogP) is 2.75. The lowest BCUT2D eigenvalue weighted by molar-refractivity contribution is -0.226. The number of methoxy groups -OCH3 is 1. The van der Waals surface area contributed by atoms with Crippen LogP contribution in [0.5, 0.6) is 0 Å². The van der Waals surface area contributed by atoms with Crippen molar-refractivity contribution in [1.82, 2.24) is 0 Å². The average Bonchev–Trinajstić information content (AvgIpc) is 3.12. The van der Waals surface area contributed by atoms with Gasteiger partial charge in [0, 0.05) is 18.8 Å². The molecule has 0 bridgehead atoms. The number of ether oxygens (including phenoxy) is 5. The van der Waals surface area contributed by atoms with Gasteiger partial charge < -0.3 is 28.1 Å². The van der Waals surface area contributed by atoms with Gasteiger partial charge in [0.25, 0.3) is 0 Å². The van der Waals surface area contributed by atoms with Crippen LogP contribution in [0.3, 0.4) is 0 Å². The topological polar surface area (TPSA) is 72.5 Å². The fraction of sp³-hybridized carbons (Fsp3) is 0.842. The molecule has 0 aliphatic carbocycles. The van der Waals surface area contributed by atoms with E-state index in [4.69, 9.17) is 28.1 Å². The van der Waals surface area contributed by atoms with Gasteiger partial charge in [-0.2, -0.15) is 0 Å². The van der Waals surface area contributed by atoms with Crippen molar-refractivity contribution in [2.75, 3.05) is 13.7 Å². The molecule has 0 aromatic heterocycles. The Kier molecular flexibility index (Phi) is 5.38. The molecule has 3 aliphatic rings. The number of carbonyl (C=O) groups excluding carboxylic acids is 1. The second kappa shape index (κ2) is 6.93. The first-order valence-electron chi connectivity index (χ1n) is 9.43. The fourth-order valence-electron chi connectivity index (χ4n) is 3.37. The molecule has 0 amide bonds. The summed E-state index contributed by atoms with van der Waals surface area (Å²) in [5.74, 6) is -1.11. The Balaban J connectivity index is 1.73. The van der Waals surface area contributed by atoms with Gasteiger partial charge in [-0.3, -0.25) is 0 Å². The molecule has 0 saturated carbocycles. The van der Waals surface area contributed by atoms with Crippen LogP contribution in [0.1, 0.15) is 34.6 Å². The second-order valence-electron chi connectivity index (χ2n) is 9.40. The number of cyclic esters (lactones) is 1. The van der Waals surface area contributed by atoms with Gasteiger partial charge in [-0.25, -0.2) is 4.79 Å². The maximum absolute atomic E-state index is 12.0. The van der Waals surface area contributed by atoms with E-state index in [9.17, 15) is 4.79 Å². The monoisotopic (exact) mass is 400 g/mol. The number of esters is 1. The number of fused-ring (bicyclic) bond motifs is 1. The van der Waals surface area contributed by atoms with Crippen LogP contribution in [0.15, 0.2) is 11.6 Å². The summed E-state index contributed by atoms with van der Waals surface area (Å²) in [6, 6.07) is 0. The summed E-state index contributed by atoms with van der Waals surface area (Å²) in [4.78, 5) is 12.0. The minimum Gasteiger partial charge on any atom is -0.452 e. The first-order chi connectivity index (χ1) is 12.3. The number of hydrogen-bond donors (Lipinski definition) is 0. The molecule has 27 heavy (non-hydrogen) atoms. The van der Waals surface area contributed by atoms with Crippen molar-refractivity contribution in [1.29, 1.82) is 0 Å². The van der Waals surface area contributed by atoms with Gasteiger partial charge in [0.2, 0.25) is 0 Å². The van der Waals surface area contributed by atoms with Crippen molar-refractivity contribution in [2.24, 2.45) is 0 Å². The Bertz CT molecular complexity index is 622. The molecule has 0 N–H and O–H groups in total. The fourth-order valence-corrected chi connectivity index (χ4v) is 4.33. The zero-order valence-corrected chi connectivity index (χ0v) is 18.5. The summed E-state index contributed by atoms with van der Waals surface area (Å²) in [6.45, 7) is 14.9. The van der Waals surface area contributed by atoms with E-state index in [0.717, 1.165) is 5.57 Å². The molecular formula is C19H32O7Si. The molecule has 2 saturated heterocycles. The summed E-state index contributed by atoms with van der Waals surface area (Å²) in [7, 11) is -0.358. The first kappa shape index (κ1) is 20.9. The van der Waals surface area contributed by atoms with Crippen LogP contribution in [-0.2, 0) is 32.9 Å². The maximum Gasteiger partial charge on any atom is 0.331 e. The van der Waals surface area contributed by atoms with Crippen LogP contribution in [0, 0.1) is 0 Å². The minimum absolute atomic E-state index is 0.0791. The molecule has 2 fully saturated rings. The smallest absolute Gasteiger partial charge is 0.331 e. The van der Waals surface area contributed by atoms with Gasteiger partial charge >= 0.3 is 5.97 Å². The van der Waals surface area contributed by atoms with Crippen LogP contribution >= 0.6 is 0 Å². The van der Waals surface area contributed by atoms with Crippen molar-refractivity contribution >= 4 is 14.3 Å². The molecule has 8 heteroatoms. The maximum atomic E-state index is 12.0. The average molecular weight is 401 g/mol. The van der Waals surface area contributed by atoms with Gasteiger partial charge in [0.1, 0.15) is 18.3 Å². The molecule has 0 unspecified atom stereocenters. The molecule has 154 valence electrons. The van der Waals surface area contributed by atoms with E-state index in [1.54, 1.807) is 7.11 Å². The van der Waals surface area contributed by atoms with Gasteiger partial charge in [0.15, 0.2) is 26.5 Å². The summed E-state index contributed by atoms with van der Waals surface area (Å²) >= 11 is 0. The highest BCUT2D eigenvalue weighted by atomic mass is 28.4. The quantitative estimate of drug-likeness (QED) is 0.519. The highest BCUT2D eigenvalue weighted by Crippen LogP contribution is 2.42. The Morgan fingerprint density at radius 3 is 2.44 bits per heavy atom. The van der Waals surface area contributed by atoms with Gasteiger partial charge in [0.05, 0.1) is 6.61 Å². The molecule has 0 aromatic rings. The third-order valence-corrected chi connectivity index (χ3v) is 10.4. The number of hydrogen-bond acceptors (Lipinski definition) is 7. The summed E-state index contributed by atoms with van der Waals surface area (Å²) in [5.41, 5.74) is 0.774. The Morgan fingerprint density at radius 1 is 1.19 bits per heavy atom. The van der Waals surface area contributed by atoms with Crippen LogP contribution in [0.25, 0.3) is 0 Å². The van der Waals surface area contributed by atoms with Crippen molar-refractivity contribution in [3.8, 4) is 0 Å². The lowest BCUT2D eigenvalue weighted by atomic mass is 10.0. The molecule has 0 radical (unpaired) electrons. The molecule has 3 aliphatic heterocycles. The lowest BCUT2D eigenvalue weighted by Gasteiger charge is -2.37. The van der Waals surface area contributed by atoms with E-state index >= 15 is 0 Å². The van der Waals surface area contributed by atoms with E-state index < -0.39 is 38.7 Å². The highest BCUT2D eigenvalue weighted by molar-refractivity contribution is 6.74. The van der Waals surface area contributed by atoms with Crippen LogP contribution in [0.4, 0.5) is 0 Å². The predicted molar refractivity (Wildman–Crippen MR) is 101 cm³/mol. The van der Waals surface area contributed by atoms with Gasteiger partial charge in [-0.15, -0.1) is 0 Å². The lowest BCUT2D eigenvalue weighted by Crippen LogP contribution is -2.45. The van der Waals surface area contributed by atoms with Gasteiger partial charge in [-0.05, 0) is 32.0 Å². The normalized spacial score (nSPS) is 35.9. The largest absolute Gasteiger partial charge is 0.452 e. The Morgan fingerprint density at radius 2 is 1.85 bits per heavy atom. The summed E-state index contributed by atoms with van der Waals surface area (Å²) < 4.78 is 35.3. The summed E-state index contributed by atoms with van der Waals surface area (Å²) in [5, 5.41) is 0.0791. The zero-order chi connectivity index (χ0) is 20.2. The Labute approximate surface area is 162 Å². The third kappa shape index (κ3) is 4.01. The van der Waals surface area contributed by atoms with E-state index in [1.165, 1.54) is 6.08 Å². The van der Waals surface area contributed by atoms with Crippen molar-refractivity contribution < 1.29 is 32.9 Å². The van der Waals surface area contributed by atoms with E-state index in [1.807, 2.05) is 13.8 Å². The van der Waals surface area contributed by atoms with Crippen molar-refractivity contribution in [2.45, 2.75) is 89.2 Å². The Hall–Kier alpha value is -0.773. The van der Waals surface area contributed by atoms with Crippen LogP contribution in [0.2, 0.25) is 18.1 Å². The minimum atomic E-state index is -1.96. The van der Waals surface area contributed by atoms with Crippen LogP contribution < -0.4 is 0 Å². The molecule has 3 heterocycles. The van der Waals surface area contributed by atoms with E-state index in [0.29, 0.717) is 6.61 Å². The van der Waals surface area contributed by atoms with Crippen molar-refractivity contribution in [3.05, 3.63) is 11.6 Å². The van der Waals surface area contributed by atoms with E-state index in [2.05, 4.69) is 33.9 Å². The van der Waals surface area contributed by atoms with Gasteiger partial charge in [-0.1, -0.05) is 20.8 Å². The zero-order valence-electron chi connectivity index (χ0n) is 17.5.